The summed E-state index contributed by atoms with van der Waals surface area (Å²) >= 11 is 0. The first-order valence-electron chi connectivity index (χ1n) is 6.13. The van der Waals surface area contributed by atoms with Crippen molar-refractivity contribution in [1.29, 1.82) is 0 Å². The van der Waals surface area contributed by atoms with Crippen molar-refractivity contribution >= 4 is 5.91 Å². The van der Waals surface area contributed by atoms with E-state index in [4.69, 9.17) is 4.74 Å². The van der Waals surface area contributed by atoms with Gasteiger partial charge in [0.25, 0.3) is 5.91 Å². The quantitative estimate of drug-likeness (QED) is 0.745. The SMILES string of the molecule is O=C(c1cc(C(F)(F)F)ccc1F)N1CCCOCC1. The minimum absolute atomic E-state index is 0.245. The minimum atomic E-state index is -4.61. The van der Waals surface area contributed by atoms with Gasteiger partial charge in [-0.25, -0.2) is 4.39 Å². The second-order valence-corrected chi connectivity index (χ2v) is 4.45. The van der Waals surface area contributed by atoms with Gasteiger partial charge in [0.05, 0.1) is 17.7 Å². The Morgan fingerprint density at radius 1 is 1.20 bits per heavy atom. The first-order chi connectivity index (χ1) is 9.39. The molecule has 2 rings (SSSR count). The van der Waals surface area contributed by atoms with Crippen LogP contribution >= 0.6 is 0 Å². The molecule has 0 spiro atoms. The van der Waals surface area contributed by atoms with Gasteiger partial charge >= 0.3 is 6.18 Å². The van der Waals surface area contributed by atoms with Crippen molar-refractivity contribution in [3.8, 4) is 0 Å². The average Bonchev–Trinajstić information content (AvgIpc) is 2.66. The fraction of sp³-hybridized carbons (Fsp3) is 0.462. The zero-order chi connectivity index (χ0) is 14.8. The number of carbonyl (C=O) groups is 1. The number of rotatable bonds is 1. The molecule has 1 aliphatic heterocycles. The Morgan fingerprint density at radius 3 is 2.65 bits per heavy atom. The molecule has 0 aliphatic carbocycles. The molecule has 0 unspecified atom stereocenters. The Labute approximate surface area is 113 Å². The van der Waals surface area contributed by atoms with Gasteiger partial charge in [-0.1, -0.05) is 0 Å². The third-order valence-corrected chi connectivity index (χ3v) is 3.03. The first-order valence-corrected chi connectivity index (χ1v) is 6.13. The minimum Gasteiger partial charge on any atom is -0.380 e. The number of hydrogen-bond donors (Lipinski definition) is 0. The van der Waals surface area contributed by atoms with Gasteiger partial charge in [-0.2, -0.15) is 13.2 Å². The van der Waals surface area contributed by atoms with Crippen LogP contribution in [-0.2, 0) is 10.9 Å². The normalized spacial score (nSPS) is 16.9. The highest BCUT2D eigenvalue weighted by Gasteiger charge is 2.32. The molecule has 0 aromatic heterocycles. The molecule has 0 N–H and O–H groups in total. The first kappa shape index (κ1) is 14.8. The van der Waals surface area contributed by atoms with Gasteiger partial charge in [-0.15, -0.1) is 0 Å². The molecule has 0 saturated carbocycles. The van der Waals surface area contributed by atoms with Gasteiger partial charge in [0.15, 0.2) is 0 Å². The number of hydrogen-bond acceptors (Lipinski definition) is 2. The van der Waals surface area contributed by atoms with Crippen LogP contribution in [0, 0.1) is 5.82 Å². The lowest BCUT2D eigenvalue weighted by Crippen LogP contribution is -2.34. The topological polar surface area (TPSA) is 29.5 Å². The van der Waals surface area contributed by atoms with Gasteiger partial charge in [0.2, 0.25) is 0 Å². The van der Waals surface area contributed by atoms with Crippen molar-refractivity contribution in [2.24, 2.45) is 0 Å². The lowest BCUT2D eigenvalue weighted by Gasteiger charge is -2.20. The van der Waals surface area contributed by atoms with E-state index in [0.717, 1.165) is 0 Å². The van der Waals surface area contributed by atoms with Crippen molar-refractivity contribution in [2.45, 2.75) is 12.6 Å². The van der Waals surface area contributed by atoms with E-state index < -0.39 is 29.0 Å². The fourth-order valence-electron chi connectivity index (χ4n) is 1.99. The highest BCUT2D eigenvalue weighted by atomic mass is 19.4. The highest BCUT2D eigenvalue weighted by molar-refractivity contribution is 5.94. The lowest BCUT2D eigenvalue weighted by atomic mass is 10.1. The summed E-state index contributed by atoms with van der Waals surface area (Å²) in [5.41, 5.74) is -1.59. The molecule has 1 amide bonds. The smallest absolute Gasteiger partial charge is 0.380 e. The standard InChI is InChI=1S/C13H13F4NO2/c14-11-3-2-9(13(15,16)17)8-10(11)12(19)18-4-1-6-20-7-5-18/h2-3,8H,1,4-7H2. The second-order valence-electron chi connectivity index (χ2n) is 4.45. The molecular formula is C13H13F4NO2. The maximum absolute atomic E-state index is 13.6. The summed E-state index contributed by atoms with van der Waals surface area (Å²) in [6.07, 6.45) is -4.03. The molecule has 3 nitrogen and oxygen atoms in total. The number of benzene rings is 1. The summed E-state index contributed by atoms with van der Waals surface area (Å²) < 4.78 is 56.6. The maximum Gasteiger partial charge on any atom is 0.416 e. The zero-order valence-electron chi connectivity index (χ0n) is 10.5. The Hall–Kier alpha value is -1.63. The summed E-state index contributed by atoms with van der Waals surface area (Å²) in [7, 11) is 0. The Kier molecular flexibility index (Phi) is 4.27. The van der Waals surface area contributed by atoms with Crippen LogP contribution in [0.1, 0.15) is 22.3 Å². The summed E-state index contributed by atoms with van der Waals surface area (Å²) in [5.74, 6) is -1.69. The number of amides is 1. The third kappa shape index (κ3) is 3.27. The van der Waals surface area contributed by atoms with Crippen LogP contribution in [0.15, 0.2) is 18.2 Å². The highest BCUT2D eigenvalue weighted by Crippen LogP contribution is 2.30. The molecule has 1 aliphatic rings. The van der Waals surface area contributed by atoms with Crippen LogP contribution in [0.3, 0.4) is 0 Å². The number of halogens is 4. The van der Waals surface area contributed by atoms with Crippen LogP contribution in [0.4, 0.5) is 17.6 Å². The van der Waals surface area contributed by atoms with Gasteiger partial charge in [0, 0.05) is 19.7 Å². The van der Waals surface area contributed by atoms with E-state index in [0.29, 0.717) is 44.4 Å². The summed E-state index contributed by atoms with van der Waals surface area (Å²) in [6, 6.07) is 1.85. The lowest BCUT2D eigenvalue weighted by molar-refractivity contribution is -0.137. The van der Waals surface area contributed by atoms with Crippen LogP contribution < -0.4 is 0 Å². The van der Waals surface area contributed by atoms with E-state index in [1.807, 2.05) is 0 Å². The van der Waals surface area contributed by atoms with E-state index in [1.165, 1.54) is 4.90 Å². The Balaban J connectivity index is 2.28. The Morgan fingerprint density at radius 2 is 1.95 bits per heavy atom. The van der Waals surface area contributed by atoms with Gasteiger partial charge in [-0.05, 0) is 24.6 Å². The van der Waals surface area contributed by atoms with Crippen molar-refractivity contribution in [3.63, 3.8) is 0 Å². The average molecular weight is 291 g/mol. The molecule has 1 aromatic carbocycles. The van der Waals surface area contributed by atoms with Crippen molar-refractivity contribution in [1.82, 2.24) is 4.90 Å². The van der Waals surface area contributed by atoms with E-state index in [1.54, 1.807) is 0 Å². The van der Waals surface area contributed by atoms with Crippen LogP contribution in [0.25, 0.3) is 0 Å². The molecular weight excluding hydrogens is 278 g/mol. The third-order valence-electron chi connectivity index (χ3n) is 3.03. The van der Waals surface area contributed by atoms with E-state index in [2.05, 4.69) is 0 Å². The van der Waals surface area contributed by atoms with Crippen LogP contribution in [-0.4, -0.2) is 37.1 Å². The molecule has 1 saturated heterocycles. The molecule has 110 valence electrons. The van der Waals surface area contributed by atoms with Crippen molar-refractivity contribution < 1.29 is 27.1 Å². The number of nitrogens with zero attached hydrogens (tertiary/aromatic N) is 1. The van der Waals surface area contributed by atoms with E-state index in [9.17, 15) is 22.4 Å². The number of alkyl halides is 3. The van der Waals surface area contributed by atoms with Gasteiger partial charge < -0.3 is 9.64 Å². The molecule has 0 bridgehead atoms. The molecule has 0 radical (unpaired) electrons. The Bertz CT molecular complexity index is 494. The predicted molar refractivity (Wildman–Crippen MR) is 62.7 cm³/mol. The molecule has 0 atom stereocenters. The second kappa shape index (κ2) is 5.78. The summed E-state index contributed by atoms with van der Waals surface area (Å²) in [5, 5.41) is 0. The molecule has 1 heterocycles. The van der Waals surface area contributed by atoms with Crippen molar-refractivity contribution in [2.75, 3.05) is 26.3 Å². The van der Waals surface area contributed by atoms with Crippen LogP contribution in [0.5, 0.6) is 0 Å². The fourth-order valence-corrected chi connectivity index (χ4v) is 1.99. The summed E-state index contributed by atoms with van der Waals surface area (Å²) in [6.45, 7) is 1.37. The molecule has 1 aromatic rings. The van der Waals surface area contributed by atoms with Crippen molar-refractivity contribution in [3.05, 3.63) is 35.1 Å². The molecule has 7 heteroatoms. The van der Waals surface area contributed by atoms with E-state index >= 15 is 0 Å². The number of carbonyl (C=O) groups excluding carboxylic acids is 1. The largest absolute Gasteiger partial charge is 0.416 e. The molecule has 1 fully saturated rings. The number of ether oxygens (including phenoxy) is 1. The van der Waals surface area contributed by atoms with E-state index in [-0.39, 0.29) is 6.54 Å². The monoisotopic (exact) mass is 291 g/mol. The van der Waals surface area contributed by atoms with Crippen LogP contribution in [0.2, 0.25) is 0 Å². The predicted octanol–water partition coefficient (Wildman–Crippen LogP) is 2.71. The zero-order valence-corrected chi connectivity index (χ0v) is 10.5. The van der Waals surface area contributed by atoms with Gasteiger partial charge in [-0.3, -0.25) is 4.79 Å². The molecule has 20 heavy (non-hydrogen) atoms. The maximum atomic E-state index is 13.6. The summed E-state index contributed by atoms with van der Waals surface area (Å²) in [4.78, 5) is 13.4. The van der Waals surface area contributed by atoms with Gasteiger partial charge in [0.1, 0.15) is 5.82 Å².